The van der Waals surface area contributed by atoms with E-state index in [0.29, 0.717) is 0 Å². The smallest absolute Gasteiger partial charge is 0.0740 e. The van der Waals surface area contributed by atoms with E-state index in [9.17, 15) is 0 Å². The first kappa shape index (κ1) is 36.2. The Hall–Kier alpha value is -7.46. The van der Waals surface area contributed by atoms with E-state index < -0.39 is 5.41 Å². The van der Waals surface area contributed by atoms with Gasteiger partial charge in [0.15, 0.2) is 0 Å². The second-order valence-corrected chi connectivity index (χ2v) is 18.7. The van der Waals surface area contributed by atoms with Crippen molar-refractivity contribution in [3.63, 3.8) is 0 Å². The molecule has 3 heteroatoms. The Morgan fingerprint density at radius 3 is 1.63 bits per heavy atom. The van der Waals surface area contributed by atoms with Crippen LogP contribution in [0, 0.1) is 0 Å². The Kier molecular flexibility index (Phi) is 7.77. The Morgan fingerprint density at radius 1 is 0.365 bits per heavy atom. The summed E-state index contributed by atoms with van der Waals surface area (Å²) >= 11 is 1.93. The van der Waals surface area contributed by atoms with Gasteiger partial charge in [-0.15, -0.1) is 11.3 Å². The third-order valence-electron chi connectivity index (χ3n) is 14.0. The Balaban J connectivity index is 1.08. The minimum absolute atomic E-state index is 0.126. The molecule has 0 saturated heterocycles. The molecule has 63 heavy (non-hydrogen) atoms. The van der Waals surface area contributed by atoms with Crippen LogP contribution in [0.25, 0.3) is 42.8 Å². The van der Waals surface area contributed by atoms with Gasteiger partial charge in [-0.3, -0.25) is 0 Å². The maximum absolute atomic E-state index is 2.51. The second kappa shape index (κ2) is 13.5. The fraction of sp³-hybridized carbons (Fsp3) is 0.0667. The first-order valence-electron chi connectivity index (χ1n) is 21.9. The molecule has 0 N–H and O–H groups in total. The van der Waals surface area contributed by atoms with E-state index >= 15 is 0 Å². The van der Waals surface area contributed by atoms with Crippen LogP contribution in [-0.4, -0.2) is 0 Å². The summed E-state index contributed by atoms with van der Waals surface area (Å²) in [6, 6.07) is 81.2. The van der Waals surface area contributed by atoms with Gasteiger partial charge in [0, 0.05) is 49.0 Å². The zero-order valence-corrected chi connectivity index (χ0v) is 35.9. The largest absolute Gasteiger partial charge is 0.310 e. The first-order chi connectivity index (χ1) is 31.0. The molecule has 1 atom stereocenters. The van der Waals surface area contributed by atoms with Crippen LogP contribution in [0.3, 0.4) is 0 Å². The van der Waals surface area contributed by atoms with Gasteiger partial charge >= 0.3 is 0 Å². The Bertz CT molecular complexity index is 3400. The summed E-state index contributed by atoms with van der Waals surface area (Å²) in [5, 5.41) is 1.33. The molecule has 0 radical (unpaired) electrons. The molecule has 0 amide bonds. The third-order valence-corrected chi connectivity index (χ3v) is 15.2. The highest BCUT2D eigenvalue weighted by Gasteiger charge is 2.54. The van der Waals surface area contributed by atoms with E-state index in [-0.39, 0.29) is 5.41 Å². The van der Waals surface area contributed by atoms with Crippen LogP contribution in [0.1, 0.15) is 47.2 Å². The molecule has 0 fully saturated rings. The maximum atomic E-state index is 2.51. The van der Waals surface area contributed by atoms with Crippen LogP contribution in [0.15, 0.2) is 218 Å². The van der Waals surface area contributed by atoms with Gasteiger partial charge in [0.2, 0.25) is 0 Å². The molecule has 9 aromatic carbocycles. The lowest BCUT2D eigenvalue weighted by Crippen LogP contribution is -2.26. The summed E-state index contributed by atoms with van der Waals surface area (Å²) < 4.78 is 1.32. The highest BCUT2D eigenvalue weighted by atomic mass is 32.1. The van der Waals surface area contributed by atoms with Crippen molar-refractivity contribution < 1.29 is 0 Å². The molecule has 2 nitrogen and oxygen atoms in total. The molecule has 1 spiro atoms. The number of nitrogens with zero attached hydrogens (tertiary/aromatic N) is 2. The molecule has 0 unspecified atom stereocenters. The maximum Gasteiger partial charge on any atom is 0.0740 e. The molecular formula is C60H42N2S. The number of thiophene rings is 1. The number of anilines is 6. The lowest BCUT2D eigenvalue weighted by Gasteiger charge is -2.32. The standard InChI is InChI=1S/C60H42N2S/c1-59(2)49-28-15-12-25-44(49)45-35-33-43(38-53(45)59)62(41-23-10-5-11-24-41)54-31-18-30-52-56(54)46-26-13-16-29-50(46)60(52)51-36-34-42(37-48(51)58-57(60)47-27-14-17-32-55(47)63-58)61(39-19-6-3-7-20-39)40-21-8-4-9-22-40/h3-38H,1-2H3/t60-/m0/s1. The van der Waals surface area contributed by atoms with E-state index in [0.717, 1.165) is 28.4 Å². The molecule has 0 aliphatic heterocycles. The molecule has 3 aliphatic rings. The normalized spacial score (nSPS) is 15.7. The van der Waals surface area contributed by atoms with Gasteiger partial charge in [0.1, 0.15) is 0 Å². The van der Waals surface area contributed by atoms with Crippen molar-refractivity contribution in [3.8, 4) is 32.7 Å². The number of benzene rings is 9. The van der Waals surface area contributed by atoms with E-state index in [4.69, 9.17) is 0 Å². The van der Waals surface area contributed by atoms with E-state index in [1.54, 1.807) is 0 Å². The summed E-state index contributed by atoms with van der Waals surface area (Å²) in [4.78, 5) is 6.25. The predicted molar refractivity (Wildman–Crippen MR) is 265 cm³/mol. The highest BCUT2D eigenvalue weighted by molar-refractivity contribution is 7.22. The lowest BCUT2D eigenvalue weighted by molar-refractivity contribution is 0.660. The molecule has 10 aromatic rings. The predicted octanol–water partition coefficient (Wildman–Crippen LogP) is 16.5. The number of rotatable bonds is 6. The average Bonchev–Trinajstić information content (AvgIpc) is 4.02. The van der Waals surface area contributed by atoms with Crippen LogP contribution in [0.4, 0.5) is 34.1 Å². The molecule has 298 valence electrons. The summed E-state index contributed by atoms with van der Waals surface area (Å²) in [6.45, 7) is 4.75. The van der Waals surface area contributed by atoms with Crippen LogP contribution >= 0.6 is 11.3 Å². The van der Waals surface area contributed by atoms with Gasteiger partial charge in [-0.2, -0.15) is 0 Å². The highest BCUT2D eigenvalue weighted by Crippen LogP contribution is 2.68. The van der Waals surface area contributed by atoms with Gasteiger partial charge in [-0.05, 0) is 134 Å². The first-order valence-corrected chi connectivity index (χ1v) is 22.8. The summed E-state index contributed by atoms with van der Waals surface area (Å²) in [5.41, 5.74) is 20.9. The number of fused-ring (bicyclic) bond motifs is 15. The zero-order valence-electron chi connectivity index (χ0n) is 35.1. The van der Waals surface area contributed by atoms with Crippen LogP contribution in [-0.2, 0) is 10.8 Å². The number of para-hydroxylation sites is 3. The van der Waals surface area contributed by atoms with Crippen molar-refractivity contribution in [2.24, 2.45) is 0 Å². The quantitative estimate of drug-likeness (QED) is 0.165. The van der Waals surface area contributed by atoms with Crippen molar-refractivity contribution >= 4 is 55.5 Å². The van der Waals surface area contributed by atoms with E-state index in [1.165, 1.54) is 81.8 Å². The second-order valence-electron chi connectivity index (χ2n) is 17.6. The Morgan fingerprint density at radius 2 is 0.905 bits per heavy atom. The minimum atomic E-state index is -0.529. The molecule has 3 aliphatic carbocycles. The molecule has 1 aromatic heterocycles. The van der Waals surface area contributed by atoms with Gasteiger partial charge in [0.25, 0.3) is 0 Å². The van der Waals surface area contributed by atoms with E-state index in [1.807, 2.05) is 11.3 Å². The zero-order chi connectivity index (χ0) is 41.9. The van der Waals surface area contributed by atoms with Gasteiger partial charge in [-0.1, -0.05) is 159 Å². The van der Waals surface area contributed by atoms with Gasteiger partial charge in [-0.25, -0.2) is 0 Å². The number of hydrogen-bond donors (Lipinski definition) is 0. The van der Waals surface area contributed by atoms with Crippen molar-refractivity contribution in [2.75, 3.05) is 9.80 Å². The van der Waals surface area contributed by atoms with E-state index in [2.05, 4.69) is 242 Å². The van der Waals surface area contributed by atoms with Crippen molar-refractivity contribution in [3.05, 3.63) is 252 Å². The molecular weight excluding hydrogens is 781 g/mol. The van der Waals surface area contributed by atoms with Crippen LogP contribution < -0.4 is 9.80 Å². The minimum Gasteiger partial charge on any atom is -0.310 e. The van der Waals surface area contributed by atoms with Gasteiger partial charge in [0.05, 0.1) is 11.1 Å². The lowest BCUT2D eigenvalue weighted by atomic mass is 9.70. The SMILES string of the molecule is CC1(C)c2ccccc2-c2ccc(N(c3ccccc3)c3cccc4c3-c3ccccc3[C@]43c4ccc(N(c5ccccc5)c5ccccc5)cc4-c4sc5ccccc5c43)cc21. The Labute approximate surface area is 372 Å². The summed E-state index contributed by atoms with van der Waals surface area (Å²) in [6.07, 6.45) is 0. The number of hydrogen-bond acceptors (Lipinski definition) is 3. The molecule has 0 bridgehead atoms. The molecule has 0 saturated carbocycles. The topological polar surface area (TPSA) is 6.48 Å². The fourth-order valence-corrected chi connectivity index (χ4v) is 12.7. The molecule has 1 heterocycles. The average molecular weight is 823 g/mol. The summed E-state index contributed by atoms with van der Waals surface area (Å²) in [5.74, 6) is 0. The molecule has 13 rings (SSSR count). The third kappa shape index (κ3) is 5.00. The van der Waals surface area contributed by atoms with Crippen molar-refractivity contribution in [2.45, 2.75) is 24.7 Å². The van der Waals surface area contributed by atoms with Crippen LogP contribution in [0.2, 0.25) is 0 Å². The fourth-order valence-electron chi connectivity index (χ4n) is 11.4. The monoisotopic (exact) mass is 822 g/mol. The van der Waals surface area contributed by atoms with Crippen molar-refractivity contribution in [1.82, 2.24) is 0 Å². The van der Waals surface area contributed by atoms with Crippen molar-refractivity contribution in [1.29, 1.82) is 0 Å². The van der Waals surface area contributed by atoms with Gasteiger partial charge < -0.3 is 9.80 Å². The van der Waals surface area contributed by atoms with Crippen LogP contribution in [0.5, 0.6) is 0 Å². The summed E-state index contributed by atoms with van der Waals surface area (Å²) in [7, 11) is 0.